The number of aliphatic imine (C=N–C) groups is 1. The largest absolute Gasteiger partial charge is 0.493 e. The first-order valence-electron chi connectivity index (χ1n) is 9.12. The van der Waals surface area contributed by atoms with Crippen molar-refractivity contribution >= 4 is 29.9 Å². The van der Waals surface area contributed by atoms with E-state index in [2.05, 4.69) is 21.7 Å². The number of rotatable bonds is 9. The van der Waals surface area contributed by atoms with Gasteiger partial charge < -0.3 is 24.8 Å². The molecular weight excluding hydrogens is 445 g/mol. The second-order valence-corrected chi connectivity index (χ2v) is 6.06. The minimum atomic E-state index is 0. The molecule has 0 bridgehead atoms. The lowest BCUT2D eigenvalue weighted by molar-refractivity contribution is 0.152. The highest BCUT2D eigenvalue weighted by molar-refractivity contribution is 14.0. The first-order valence-corrected chi connectivity index (χ1v) is 9.12. The van der Waals surface area contributed by atoms with Crippen molar-refractivity contribution in [3.05, 3.63) is 23.8 Å². The number of halogens is 1. The normalized spacial score (nSPS) is 14.7. The third-order valence-electron chi connectivity index (χ3n) is 4.25. The van der Waals surface area contributed by atoms with E-state index in [1.165, 1.54) is 12.8 Å². The van der Waals surface area contributed by atoms with E-state index in [0.29, 0.717) is 19.3 Å². The Morgan fingerprint density at radius 3 is 2.62 bits per heavy atom. The maximum atomic E-state index is 6.15. The summed E-state index contributed by atoms with van der Waals surface area (Å²) in [5.74, 6) is 2.37. The lowest BCUT2D eigenvalue weighted by atomic mass is 10.2. The molecule has 0 aromatic heterocycles. The van der Waals surface area contributed by atoms with Crippen LogP contribution in [0.4, 0.5) is 0 Å². The van der Waals surface area contributed by atoms with Gasteiger partial charge in [0.1, 0.15) is 0 Å². The van der Waals surface area contributed by atoms with Gasteiger partial charge in [-0.15, -0.1) is 24.0 Å². The molecule has 1 saturated carbocycles. The van der Waals surface area contributed by atoms with Crippen LogP contribution in [0.15, 0.2) is 23.2 Å². The molecule has 0 spiro atoms. The van der Waals surface area contributed by atoms with Crippen LogP contribution in [0.2, 0.25) is 0 Å². The molecule has 0 radical (unpaired) electrons. The average molecular weight is 477 g/mol. The molecule has 6 nitrogen and oxygen atoms in total. The van der Waals surface area contributed by atoms with Crippen molar-refractivity contribution in [2.45, 2.75) is 45.3 Å². The Morgan fingerprint density at radius 2 is 1.96 bits per heavy atom. The molecule has 1 aromatic rings. The number of methoxy groups -OCH3 is 1. The van der Waals surface area contributed by atoms with Crippen LogP contribution in [0, 0.1) is 0 Å². The van der Waals surface area contributed by atoms with Gasteiger partial charge in [0.05, 0.1) is 19.8 Å². The summed E-state index contributed by atoms with van der Waals surface area (Å²) >= 11 is 0. The van der Waals surface area contributed by atoms with E-state index in [4.69, 9.17) is 14.2 Å². The number of hydrogen-bond acceptors (Lipinski definition) is 4. The van der Waals surface area contributed by atoms with Crippen LogP contribution < -0.4 is 20.1 Å². The molecule has 0 unspecified atom stereocenters. The van der Waals surface area contributed by atoms with Gasteiger partial charge in [-0.2, -0.15) is 0 Å². The number of guanidine groups is 1. The summed E-state index contributed by atoms with van der Waals surface area (Å²) < 4.78 is 16.9. The van der Waals surface area contributed by atoms with E-state index in [9.17, 15) is 0 Å². The zero-order valence-electron chi connectivity index (χ0n) is 16.0. The molecule has 1 aliphatic carbocycles. The predicted molar refractivity (Wildman–Crippen MR) is 116 cm³/mol. The Hall–Kier alpha value is -1.22. The van der Waals surface area contributed by atoms with Gasteiger partial charge in [-0.25, -0.2) is 0 Å². The summed E-state index contributed by atoms with van der Waals surface area (Å²) in [7, 11) is 3.44. The molecule has 0 aliphatic heterocycles. The van der Waals surface area contributed by atoms with Crippen LogP contribution in [0.1, 0.15) is 38.2 Å². The molecule has 148 valence electrons. The van der Waals surface area contributed by atoms with E-state index in [0.717, 1.165) is 49.0 Å². The number of benzene rings is 1. The number of ether oxygens (including phenoxy) is 3. The van der Waals surface area contributed by atoms with Crippen molar-refractivity contribution in [1.82, 2.24) is 10.6 Å². The second-order valence-electron chi connectivity index (χ2n) is 6.06. The Bertz CT molecular complexity index is 549. The van der Waals surface area contributed by atoms with Gasteiger partial charge in [0.25, 0.3) is 0 Å². The summed E-state index contributed by atoms with van der Waals surface area (Å²) in [5, 5.41) is 6.54. The minimum absolute atomic E-state index is 0. The quantitative estimate of drug-likeness (QED) is 0.247. The molecule has 1 fully saturated rings. The molecular formula is C19H32IN3O3. The molecule has 7 heteroatoms. The van der Waals surface area contributed by atoms with E-state index in [-0.39, 0.29) is 24.0 Å². The standard InChI is InChI=1S/C19H31N3O3.HI/c1-4-24-12-11-21-19(20-2)22-14-15-9-10-17(23-3)18(13-15)25-16-7-5-6-8-16;/h9-10,13,16H,4-8,11-12,14H2,1-3H3,(H2,20,21,22);1H. The van der Waals surface area contributed by atoms with Crippen molar-refractivity contribution in [2.75, 3.05) is 33.9 Å². The molecule has 0 heterocycles. The molecule has 1 aliphatic rings. The van der Waals surface area contributed by atoms with Crippen LogP contribution in [-0.4, -0.2) is 46.0 Å². The summed E-state index contributed by atoms with van der Waals surface area (Å²) in [6.07, 6.45) is 5.06. The molecule has 0 saturated heterocycles. The number of nitrogens with zero attached hydrogens (tertiary/aromatic N) is 1. The maximum Gasteiger partial charge on any atom is 0.191 e. The van der Waals surface area contributed by atoms with Crippen LogP contribution in [0.3, 0.4) is 0 Å². The van der Waals surface area contributed by atoms with Gasteiger partial charge in [0.15, 0.2) is 17.5 Å². The predicted octanol–water partition coefficient (Wildman–Crippen LogP) is 3.34. The molecule has 0 amide bonds. The Kier molecular flexibility index (Phi) is 11.4. The maximum absolute atomic E-state index is 6.15. The third-order valence-corrected chi connectivity index (χ3v) is 4.25. The van der Waals surface area contributed by atoms with Crippen molar-refractivity contribution < 1.29 is 14.2 Å². The highest BCUT2D eigenvalue weighted by Gasteiger charge is 2.18. The molecule has 1 aromatic carbocycles. The van der Waals surface area contributed by atoms with Gasteiger partial charge in [-0.1, -0.05) is 6.07 Å². The van der Waals surface area contributed by atoms with Crippen molar-refractivity contribution in [3.63, 3.8) is 0 Å². The van der Waals surface area contributed by atoms with Gasteiger partial charge in [0.2, 0.25) is 0 Å². The number of nitrogens with one attached hydrogen (secondary N) is 2. The SMILES string of the molecule is CCOCCNC(=NC)NCc1ccc(OC)c(OC2CCCC2)c1.I. The van der Waals surface area contributed by atoms with Crippen LogP contribution >= 0.6 is 24.0 Å². The monoisotopic (exact) mass is 477 g/mol. The summed E-state index contributed by atoms with van der Waals surface area (Å²) in [4.78, 5) is 4.22. The van der Waals surface area contributed by atoms with Gasteiger partial charge in [0, 0.05) is 26.7 Å². The van der Waals surface area contributed by atoms with Crippen LogP contribution in [0.5, 0.6) is 11.5 Å². The second kappa shape index (κ2) is 13.0. The fourth-order valence-electron chi connectivity index (χ4n) is 2.90. The van der Waals surface area contributed by atoms with E-state index in [1.54, 1.807) is 14.2 Å². The molecule has 26 heavy (non-hydrogen) atoms. The third kappa shape index (κ3) is 7.57. The van der Waals surface area contributed by atoms with E-state index < -0.39 is 0 Å². The summed E-state index contributed by atoms with van der Waals surface area (Å²) in [6.45, 7) is 4.77. The summed E-state index contributed by atoms with van der Waals surface area (Å²) in [6, 6.07) is 6.06. The fourth-order valence-corrected chi connectivity index (χ4v) is 2.90. The van der Waals surface area contributed by atoms with Crippen LogP contribution in [0.25, 0.3) is 0 Å². The Morgan fingerprint density at radius 1 is 1.19 bits per heavy atom. The van der Waals surface area contributed by atoms with Gasteiger partial charge in [-0.05, 0) is 50.3 Å². The topological polar surface area (TPSA) is 64.1 Å². The Labute approximate surface area is 174 Å². The first kappa shape index (κ1) is 22.8. The molecule has 2 rings (SSSR count). The average Bonchev–Trinajstić information content (AvgIpc) is 3.14. The first-order chi connectivity index (χ1) is 12.3. The molecule has 0 atom stereocenters. The smallest absolute Gasteiger partial charge is 0.191 e. The van der Waals surface area contributed by atoms with E-state index in [1.807, 2.05) is 19.1 Å². The lowest BCUT2D eigenvalue weighted by Crippen LogP contribution is -2.38. The minimum Gasteiger partial charge on any atom is -0.493 e. The zero-order valence-corrected chi connectivity index (χ0v) is 18.4. The van der Waals surface area contributed by atoms with Crippen molar-refractivity contribution in [3.8, 4) is 11.5 Å². The van der Waals surface area contributed by atoms with Crippen molar-refractivity contribution in [2.24, 2.45) is 4.99 Å². The zero-order chi connectivity index (χ0) is 17.9. The Balaban J connectivity index is 0.00000338. The van der Waals surface area contributed by atoms with Crippen LogP contribution in [-0.2, 0) is 11.3 Å². The molecule has 2 N–H and O–H groups in total. The fraction of sp³-hybridized carbons (Fsp3) is 0.632. The van der Waals surface area contributed by atoms with Gasteiger partial charge >= 0.3 is 0 Å². The van der Waals surface area contributed by atoms with Gasteiger partial charge in [-0.3, -0.25) is 4.99 Å². The number of hydrogen-bond donors (Lipinski definition) is 2. The highest BCUT2D eigenvalue weighted by Crippen LogP contribution is 2.32. The van der Waals surface area contributed by atoms with E-state index >= 15 is 0 Å². The lowest BCUT2D eigenvalue weighted by Gasteiger charge is -2.17. The van der Waals surface area contributed by atoms with Crippen molar-refractivity contribution in [1.29, 1.82) is 0 Å². The highest BCUT2D eigenvalue weighted by atomic mass is 127. The summed E-state index contributed by atoms with van der Waals surface area (Å²) in [5.41, 5.74) is 1.13.